The molecule has 5 heteroatoms. The van der Waals surface area contributed by atoms with Crippen LogP contribution in [-0.4, -0.2) is 25.9 Å². The van der Waals surface area contributed by atoms with E-state index >= 15 is 0 Å². The van der Waals surface area contributed by atoms with Gasteiger partial charge in [-0.15, -0.1) is 0 Å². The van der Waals surface area contributed by atoms with E-state index < -0.39 is 0 Å². The molecule has 4 aromatic rings. The van der Waals surface area contributed by atoms with E-state index in [0.29, 0.717) is 0 Å². The lowest BCUT2D eigenvalue weighted by molar-refractivity contribution is 0.597. The molecule has 0 atom stereocenters. The molecule has 0 amide bonds. The predicted molar refractivity (Wildman–Crippen MR) is 103 cm³/mol. The number of nitrogens with one attached hydrogen (secondary N) is 1. The van der Waals surface area contributed by atoms with Gasteiger partial charge >= 0.3 is 0 Å². The van der Waals surface area contributed by atoms with E-state index in [0.717, 1.165) is 36.6 Å². The summed E-state index contributed by atoms with van der Waals surface area (Å²) in [4.78, 5) is 4.07. The van der Waals surface area contributed by atoms with Gasteiger partial charge in [0.1, 0.15) is 0 Å². The number of rotatable bonds is 7. The van der Waals surface area contributed by atoms with Crippen molar-refractivity contribution < 1.29 is 0 Å². The van der Waals surface area contributed by atoms with Crippen LogP contribution in [0.2, 0.25) is 0 Å². The van der Waals surface area contributed by atoms with Gasteiger partial charge in [0.25, 0.3) is 0 Å². The Balaban J connectivity index is 1.54. The predicted octanol–water partition coefficient (Wildman–Crippen LogP) is 3.53. The van der Waals surface area contributed by atoms with E-state index in [2.05, 4.69) is 45.3 Å². The van der Waals surface area contributed by atoms with Crippen molar-refractivity contribution in [3.05, 3.63) is 91.1 Å². The number of hydrogen-bond donors (Lipinski definition) is 1. The average molecular weight is 343 g/mol. The van der Waals surface area contributed by atoms with Crippen LogP contribution in [0.15, 0.2) is 85.6 Å². The fourth-order valence-electron chi connectivity index (χ4n) is 2.94. The molecule has 1 N–H and O–H groups in total. The maximum Gasteiger partial charge on any atom is 0.0972 e. The summed E-state index contributed by atoms with van der Waals surface area (Å²) in [5.74, 6) is 0. The molecular formula is C21H21N5. The van der Waals surface area contributed by atoms with E-state index in [1.165, 1.54) is 5.56 Å². The van der Waals surface area contributed by atoms with Crippen molar-refractivity contribution in [2.24, 2.45) is 0 Å². The molecule has 130 valence electrons. The summed E-state index contributed by atoms with van der Waals surface area (Å²) in [5, 5.41) is 8.35. The zero-order chi connectivity index (χ0) is 17.6. The molecule has 0 unspecified atom stereocenters. The molecule has 0 aliphatic heterocycles. The summed E-state index contributed by atoms with van der Waals surface area (Å²) in [6.45, 7) is 2.54. The van der Waals surface area contributed by atoms with E-state index in [1.807, 2.05) is 53.6 Å². The van der Waals surface area contributed by atoms with Gasteiger partial charge in [0.15, 0.2) is 0 Å². The van der Waals surface area contributed by atoms with Crippen LogP contribution in [0.25, 0.3) is 16.9 Å². The van der Waals surface area contributed by atoms with Crippen LogP contribution in [0.3, 0.4) is 0 Å². The number of benzene rings is 2. The first kappa shape index (κ1) is 16.3. The number of nitrogens with zero attached hydrogens (tertiary/aromatic N) is 4. The zero-order valence-electron chi connectivity index (χ0n) is 14.5. The van der Waals surface area contributed by atoms with Crippen molar-refractivity contribution in [3.63, 3.8) is 0 Å². The maximum atomic E-state index is 4.84. The SMILES string of the molecule is c1ccc(-c2nn(-c3ccccc3)cc2CNCCn2ccnc2)cc1. The molecule has 0 radical (unpaired) electrons. The number of hydrogen-bond acceptors (Lipinski definition) is 3. The van der Waals surface area contributed by atoms with Crippen LogP contribution in [0.5, 0.6) is 0 Å². The summed E-state index contributed by atoms with van der Waals surface area (Å²) in [6.07, 6.45) is 7.73. The first-order chi connectivity index (χ1) is 12.9. The molecule has 2 heterocycles. The Bertz CT molecular complexity index is 927. The van der Waals surface area contributed by atoms with Crippen LogP contribution < -0.4 is 5.32 Å². The lowest BCUT2D eigenvalue weighted by Gasteiger charge is -2.06. The number of para-hydroxylation sites is 1. The van der Waals surface area contributed by atoms with Gasteiger partial charge in [-0.05, 0) is 12.1 Å². The third-order valence-electron chi connectivity index (χ3n) is 4.28. The van der Waals surface area contributed by atoms with Crippen molar-refractivity contribution in [1.29, 1.82) is 0 Å². The van der Waals surface area contributed by atoms with Gasteiger partial charge in [-0.2, -0.15) is 5.10 Å². The highest BCUT2D eigenvalue weighted by Gasteiger charge is 2.11. The van der Waals surface area contributed by atoms with Gasteiger partial charge < -0.3 is 9.88 Å². The second-order valence-corrected chi connectivity index (χ2v) is 6.13. The zero-order valence-corrected chi connectivity index (χ0v) is 14.5. The van der Waals surface area contributed by atoms with E-state index in [4.69, 9.17) is 5.10 Å². The molecular weight excluding hydrogens is 322 g/mol. The molecule has 0 aliphatic carbocycles. The summed E-state index contributed by atoms with van der Waals surface area (Å²) < 4.78 is 4.02. The van der Waals surface area contributed by atoms with Crippen LogP contribution in [0, 0.1) is 0 Å². The smallest absolute Gasteiger partial charge is 0.0972 e. The Hall–Kier alpha value is -3.18. The minimum absolute atomic E-state index is 0.770. The van der Waals surface area contributed by atoms with Crippen LogP contribution in [0.4, 0.5) is 0 Å². The van der Waals surface area contributed by atoms with Gasteiger partial charge in [-0.1, -0.05) is 48.5 Å². The maximum absolute atomic E-state index is 4.84. The van der Waals surface area contributed by atoms with Gasteiger partial charge in [0, 0.05) is 49.4 Å². The third-order valence-corrected chi connectivity index (χ3v) is 4.28. The average Bonchev–Trinajstić information content (AvgIpc) is 3.37. The van der Waals surface area contributed by atoms with E-state index in [1.54, 1.807) is 6.20 Å². The number of imidazole rings is 1. The first-order valence-electron chi connectivity index (χ1n) is 8.76. The fraction of sp³-hybridized carbons (Fsp3) is 0.143. The molecule has 0 spiro atoms. The topological polar surface area (TPSA) is 47.7 Å². The Morgan fingerprint density at radius 1 is 0.923 bits per heavy atom. The Labute approximate surface area is 152 Å². The van der Waals surface area contributed by atoms with Crippen molar-refractivity contribution >= 4 is 0 Å². The molecule has 0 fully saturated rings. The van der Waals surface area contributed by atoms with Gasteiger partial charge in [0.05, 0.1) is 17.7 Å². The summed E-state index contributed by atoms with van der Waals surface area (Å²) in [6, 6.07) is 20.5. The standard InChI is InChI=1S/C21H21N5/c1-3-7-18(8-4-1)21-19(15-22-11-13-25-14-12-23-17-25)16-26(24-21)20-9-5-2-6-10-20/h1-10,12,14,16-17,22H,11,13,15H2. The molecule has 2 aromatic carbocycles. The highest BCUT2D eigenvalue weighted by atomic mass is 15.3. The highest BCUT2D eigenvalue weighted by molar-refractivity contribution is 5.63. The van der Waals surface area contributed by atoms with E-state index in [-0.39, 0.29) is 0 Å². The summed E-state index contributed by atoms with van der Waals surface area (Å²) in [5.41, 5.74) is 4.40. The molecule has 26 heavy (non-hydrogen) atoms. The van der Waals surface area contributed by atoms with Crippen LogP contribution >= 0.6 is 0 Å². The van der Waals surface area contributed by atoms with Crippen molar-refractivity contribution in [1.82, 2.24) is 24.6 Å². The molecule has 5 nitrogen and oxygen atoms in total. The number of aromatic nitrogens is 4. The lowest BCUT2D eigenvalue weighted by atomic mass is 10.1. The quantitative estimate of drug-likeness (QED) is 0.522. The molecule has 4 rings (SSSR count). The second kappa shape index (κ2) is 7.80. The van der Waals surface area contributed by atoms with Crippen LogP contribution in [-0.2, 0) is 13.1 Å². The largest absolute Gasteiger partial charge is 0.336 e. The monoisotopic (exact) mass is 343 g/mol. The van der Waals surface area contributed by atoms with Gasteiger partial charge in [-0.25, -0.2) is 9.67 Å². The molecule has 2 aromatic heterocycles. The Kier molecular flexibility index (Phi) is 4.89. The Morgan fingerprint density at radius 2 is 1.69 bits per heavy atom. The van der Waals surface area contributed by atoms with E-state index in [9.17, 15) is 0 Å². The van der Waals surface area contributed by atoms with Crippen LogP contribution in [0.1, 0.15) is 5.56 Å². The second-order valence-electron chi connectivity index (χ2n) is 6.13. The van der Waals surface area contributed by atoms with Crippen molar-refractivity contribution in [2.45, 2.75) is 13.1 Å². The fourth-order valence-corrected chi connectivity index (χ4v) is 2.94. The molecule has 0 saturated carbocycles. The lowest BCUT2D eigenvalue weighted by Crippen LogP contribution is -2.19. The minimum atomic E-state index is 0.770. The molecule has 0 saturated heterocycles. The first-order valence-corrected chi connectivity index (χ1v) is 8.76. The third kappa shape index (κ3) is 3.73. The minimum Gasteiger partial charge on any atom is -0.336 e. The van der Waals surface area contributed by atoms with Crippen molar-refractivity contribution in [3.8, 4) is 16.9 Å². The van der Waals surface area contributed by atoms with Gasteiger partial charge in [-0.3, -0.25) is 0 Å². The molecule has 0 bridgehead atoms. The highest BCUT2D eigenvalue weighted by Crippen LogP contribution is 2.23. The normalized spacial score (nSPS) is 10.9. The molecule has 0 aliphatic rings. The van der Waals surface area contributed by atoms with Gasteiger partial charge in [0.2, 0.25) is 0 Å². The Morgan fingerprint density at radius 3 is 2.42 bits per heavy atom. The summed E-state index contributed by atoms with van der Waals surface area (Å²) >= 11 is 0. The summed E-state index contributed by atoms with van der Waals surface area (Å²) in [7, 11) is 0. The van der Waals surface area contributed by atoms with Crippen molar-refractivity contribution in [2.75, 3.05) is 6.54 Å².